The zero-order valence-electron chi connectivity index (χ0n) is 23.4. The maximum Gasteiger partial charge on any atom is 0.271 e. The highest BCUT2D eigenvalue weighted by atomic mass is 32.2. The maximum absolute atomic E-state index is 14.0. The highest BCUT2D eigenvalue weighted by Gasteiger charge is 2.34. The van der Waals surface area contributed by atoms with Crippen molar-refractivity contribution in [3.05, 3.63) is 94.5 Å². The number of nitrogens with zero attached hydrogens (tertiary/aromatic N) is 3. The van der Waals surface area contributed by atoms with Gasteiger partial charge in [-0.05, 0) is 56.2 Å². The Morgan fingerprint density at radius 2 is 1.66 bits per heavy atom. The van der Waals surface area contributed by atoms with Gasteiger partial charge >= 0.3 is 0 Å². The van der Waals surface area contributed by atoms with E-state index in [0.717, 1.165) is 10.4 Å². The van der Waals surface area contributed by atoms with Crippen LogP contribution >= 0.6 is 0 Å². The molecule has 0 saturated carbocycles. The van der Waals surface area contributed by atoms with Gasteiger partial charge in [-0.3, -0.25) is 24.0 Å². The van der Waals surface area contributed by atoms with Crippen LogP contribution in [0.1, 0.15) is 32.8 Å². The van der Waals surface area contributed by atoms with Gasteiger partial charge in [-0.2, -0.15) is 0 Å². The number of ether oxygens (including phenoxy) is 1. The maximum atomic E-state index is 14.0. The summed E-state index contributed by atoms with van der Waals surface area (Å²) in [7, 11) is -2.80. The number of anilines is 1. The molecule has 0 fully saturated rings. The molecule has 11 nitrogen and oxygen atoms in total. The minimum Gasteiger partial charge on any atom is -0.497 e. The molecule has 0 spiro atoms. The molecule has 2 amide bonds. The molecule has 1 N–H and O–H groups in total. The van der Waals surface area contributed by atoms with Crippen LogP contribution in [0.4, 0.5) is 11.4 Å². The molecule has 0 bridgehead atoms. The molecule has 3 aromatic carbocycles. The average molecular weight is 583 g/mol. The number of non-ortho nitro benzene ring substituents is 1. The molecule has 0 saturated heterocycles. The van der Waals surface area contributed by atoms with E-state index in [4.69, 9.17) is 4.74 Å². The van der Waals surface area contributed by atoms with Gasteiger partial charge in [-0.25, -0.2) is 8.42 Å². The topological polar surface area (TPSA) is 139 Å². The summed E-state index contributed by atoms with van der Waals surface area (Å²) in [5.41, 5.74) is 0.310. The summed E-state index contributed by atoms with van der Waals surface area (Å²) in [6.07, 6.45) is 0.267. The minimum atomic E-state index is -4.33. The molecule has 3 aromatic rings. The molecule has 1 atom stereocenters. The Bertz CT molecular complexity index is 1460. The van der Waals surface area contributed by atoms with Gasteiger partial charge < -0.3 is 15.0 Å². The molecule has 0 aliphatic carbocycles. The Balaban J connectivity index is 2.09. The van der Waals surface area contributed by atoms with Crippen molar-refractivity contribution in [2.75, 3.05) is 18.0 Å². The fourth-order valence-electron chi connectivity index (χ4n) is 4.24. The molecule has 12 heteroatoms. The van der Waals surface area contributed by atoms with Crippen LogP contribution in [0.15, 0.2) is 83.8 Å². The molecule has 0 heterocycles. The third kappa shape index (κ3) is 7.82. The third-order valence-electron chi connectivity index (χ3n) is 6.27. The van der Waals surface area contributed by atoms with Crippen molar-refractivity contribution in [2.45, 2.75) is 50.7 Å². The van der Waals surface area contributed by atoms with Crippen molar-refractivity contribution in [1.29, 1.82) is 0 Å². The predicted octanol–water partition coefficient (Wildman–Crippen LogP) is 4.13. The number of hydrogen-bond acceptors (Lipinski definition) is 7. The molecular formula is C29H34N4O7S. The largest absolute Gasteiger partial charge is 0.497 e. The van der Waals surface area contributed by atoms with Crippen LogP contribution in [0.5, 0.6) is 5.75 Å². The summed E-state index contributed by atoms with van der Waals surface area (Å²) in [6.45, 7) is 4.69. The number of nitro benzene ring substituents is 1. The van der Waals surface area contributed by atoms with Gasteiger partial charge in [0.15, 0.2) is 0 Å². The molecule has 41 heavy (non-hydrogen) atoms. The lowest BCUT2D eigenvalue weighted by Gasteiger charge is -2.33. The van der Waals surface area contributed by atoms with E-state index in [0.29, 0.717) is 11.3 Å². The average Bonchev–Trinajstić information content (AvgIpc) is 2.96. The van der Waals surface area contributed by atoms with Gasteiger partial charge in [-0.15, -0.1) is 0 Å². The van der Waals surface area contributed by atoms with Crippen molar-refractivity contribution >= 4 is 33.2 Å². The van der Waals surface area contributed by atoms with E-state index < -0.39 is 33.4 Å². The molecular weight excluding hydrogens is 548 g/mol. The zero-order chi connectivity index (χ0) is 30.2. The van der Waals surface area contributed by atoms with Crippen LogP contribution in [-0.4, -0.2) is 55.8 Å². The lowest BCUT2D eigenvalue weighted by Crippen LogP contribution is -2.53. The van der Waals surface area contributed by atoms with E-state index in [-0.39, 0.29) is 41.2 Å². The Hall–Kier alpha value is -4.45. The second-order valence-corrected chi connectivity index (χ2v) is 11.4. The van der Waals surface area contributed by atoms with E-state index in [9.17, 15) is 28.1 Å². The first kappa shape index (κ1) is 31.1. The Morgan fingerprint density at radius 3 is 2.22 bits per heavy atom. The molecule has 0 aromatic heterocycles. The van der Waals surface area contributed by atoms with Crippen molar-refractivity contribution in [3.63, 3.8) is 0 Å². The van der Waals surface area contributed by atoms with Gasteiger partial charge in [-0.1, -0.05) is 43.3 Å². The summed E-state index contributed by atoms with van der Waals surface area (Å²) in [5, 5.41) is 14.3. The van der Waals surface area contributed by atoms with E-state index in [1.807, 2.05) is 0 Å². The van der Waals surface area contributed by atoms with Crippen LogP contribution < -0.4 is 14.4 Å². The van der Waals surface area contributed by atoms with Crippen molar-refractivity contribution in [1.82, 2.24) is 10.2 Å². The van der Waals surface area contributed by atoms with Gasteiger partial charge in [0, 0.05) is 24.7 Å². The highest BCUT2D eigenvalue weighted by molar-refractivity contribution is 7.92. The number of sulfonamides is 1. The van der Waals surface area contributed by atoms with Gasteiger partial charge in [0.25, 0.3) is 15.7 Å². The highest BCUT2D eigenvalue weighted by Crippen LogP contribution is 2.28. The lowest BCUT2D eigenvalue weighted by molar-refractivity contribution is -0.384. The summed E-state index contributed by atoms with van der Waals surface area (Å²) in [5.74, 6) is -0.420. The van der Waals surface area contributed by atoms with Crippen LogP contribution in [0, 0.1) is 10.1 Å². The van der Waals surface area contributed by atoms with E-state index in [2.05, 4.69) is 5.32 Å². The zero-order valence-corrected chi connectivity index (χ0v) is 24.2. The summed E-state index contributed by atoms with van der Waals surface area (Å²) >= 11 is 0. The second-order valence-electron chi connectivity index (χ2n) is 9.56. The second kappa shape index (κ2) is 13.8. The minimum absolute atomic E-state index is 0.0149. The fourth-order valence-corrected chi connectivity index (χ4v) is 5.67. The van der Waals surface area contributed by atoms with Crippen molar-refractivity contribution in [2.24, 2.45) is 0 Å². The van der Waals surface area contributed by atoms with Crippen LogP contribution in [0.2, 0.25) is 0 Å². The number of benzene rings is 3. The number of carbonyl (C=O) groups is 2. The first-order valence-corrected chi connectivity index (χ1v) is 14.5. The summed E-state index contributed by atoms with van der Waals surface area (Å²) in [6, 6.07) is 18.4. The van der Waals surface area contributed by atoms with Crippen molar-refractivity contribution < 1.29 is 27.7 Å². The number of carbonyl (C=O) groups excluding carboxylic acids is 2. The van der Waals surface area contributed by atoms with E-state index in [1.54, 1.807) is 63.2 Å². The molecule has 0 aliphatic heterocycles. The first-order chi connectivity index (χ1) is 19.5. The van der Waals surface area contributed by atoms with E-state index in [1.165, 1.54) is 42.3 Å². The van der Waals surface area contributed by atoms with E-state index >= 15 is 0 Å². The third-order valence-corrected chi connectivity index (χ3v) is 8.06. The summed E-state index contributed by atoms with van der Waals surface area (Å²) in [4.78, 5) is 39.3. The molecule has 0 aliphatic rings. The van der Waals surface area contributed by atoms with Crippen LogP contribution in [0.25, 0.3) is 0 Å². The fraction of sp³-hybridized carbons (Fsp3) is 0.310. The SMILES string of the molecule is CC[C@@H](C(=O)NC(C)C)N(Cc1ccc(OC)cc1)C(=O)CN(c1cccc([N+](=O)[O-])c1)S(=O)(=O)c1ccccc1. The summed E-state index contributed by atoms with van der Waals surface area (Å²) < 4.78 is 33.7. The Labute approximate surface area is 239 Å². The number of methoxy groups -OCH3 is 1. The standard InChI is InChI=1S/C29H34N4O7S/c1-5-27(29(35)30-21(2)3)31(19-22-14-16-25(40-4)17-15-22)28(34)20-32(23-10-9-11-24(18-23)33(36)37)41(38,39)26-12-7-6-8-13-26/h6-18,21,27H,5,19-20H2,1-4H3,(H,30,35)/t27-/m0/s1. The van der Waals surface area contributed by atoms with Gasteiger partial charge in [0.05, 0.1) is 22.6 Å². The number of nitrogens with one attached hydrogen (secondary N) is 1. The monoisotopic (exact) mass is 582 g/mol. The lowest BCUT2D eigenvalue weighted by atomic mass is 10.1. The van der Waals surface area contributed by atoms with Crippen LogP contribution in [-0.2, 0) is 26.2 Å². The predicted molar refractivity (Wildman–Crippen MR) is 155 cm³/mol. The quantitative estimate of drug-likeness (QED) is 0.236. The number of rotatable bonds is 13. The van der Waals surface area contributed by atoms with Gasteiger partial charge in [0.1, 0.15) is 18.3 Å². The molecule has 3 rings (SSSR count). The molecule has 0 unspecified atom stereocenters. The molecule has 218 valence electrons. The van der Waals surface area contributed by atoms with Gasteiger partial charge in [0.2, 0.25) is 11.8 Å². The first-order valence-electron chi connectivity index (χ1n) is 13.0. The number of nitro groups is 1. The van der Waals surface area contributed by atoms with Crippen molar-refractivity contribution in [3.8, 4) is 5.75 Å². The number of hydrogen-bond donors (Lipinski definition) is 1. The normalized spacial score (nSPS) is 11.9. The number of amides is 2. The van der Waals surface area contributed by atoms with Crippen LogP contribution in [0.3, 0.4) is 0 Å². The Morgan fingerprint density at radius 1 is 1.00 bits per heavy atom. The smallest absolute Gasteiger partial charge is 0.271 e. The molecule has 0 radical (unpaired) electrons. The Kier molecular flexibility index (Phi) is 10.4.